The van der Waals surface area contributed by atoms with Crippen LogP contribution in [0.2, 0.25) is 0 Å². The predicted octanol–water partition coefficient (Wildman–Crippen LogP) is 1.60. The first-order valence-corrected chi connectivity index (χ1v) is 6.75. The van der Waals surface area contributed by atoms with Gasteiger partial charge in [-0.25, -0.2) is 4.39 Å². The van der Waals surface area contributed by atoms with Crippen molar-refractivity contribution in [2.24, 2.45) is 0 Å². The minimum Gasteiger partial charge on any atom is -0.379 e. The van der Waals surface area contributed by atoms with Crippen molar-refractivity contribution in [3.63, 3.8) is 0 Å². The van der Waals surface area contributed by atoms with Crippen LogP contribution in [0.15, 0.2) is 18.2 Å². The van der Waals surface area contributed by atoms with E-state index in [1.807, 2.05) is 0 Å². The average molecular weight is 281 g/mol. The second kappa shape index (κ2) is 6.81. The number of halogens is 1. The van der Waals surface area contributed by atoms with Crippen molar-refractivity contribution in [1.29, 1.82) is 0 Å². The SMILES string of the molecule is CO[C@@H]1COCC[C@H]1NC(=O)Cc1ccc(F)c(C)c1. The molecule has 110 valence electrons. The van der Waals surface area contributed by atoms with Crippen molar-refractivity contribution in [1.82, 2.24) is 5.32 Å². The van der Waals surface area contributed by atoms with E-state index in [9.17, 15) is 9.18 Å². The van der Waals surface area contributed by atoms with Crippen molar-refractivity contribution in [3.05, 3.63) is 35.1 Å². The first-order chi connectivity index (χ1) is 9.60. The fraction of sp³-hybridized carbons (Fsp3) is 0.533. The van der Waals surface area contributed by atoms with Gasteiger partial charge in [-0.05, 0) is 30.5 Å². The van der Waals surface area contributed by atoms with Crippen molar-refractivity contribution < 1.29 is 18.7 Å². The molecule has 0 unspecified atom stereocenters. The number of ether oxygens (including phenoxy) is 2. The van der Waals surface area contributed by atoms with Crippen molar-refractivity contribution >= 4 is 5.91 Å². The van der Waals surface area contributed by atoms with E-state index in [0.29, 0.717) is 18.8 Å². The number of rotatable bonds is 4. The van der Waals surface area contributed by atoms with E-state index in [2.05, 4.69) is 5.32 Å². The van der Waals surface area contributed by atoms with Gasteiger partial charge in [0.1, 0.15) is 11.9 Å². The summed E-state index contributed by atoms with van der Waals surface area (Å²) < 4.78 is 23.8. The molecule has 1 aliphatic heterocycles. The lowest BCUT2D eigenvalue weighted by atomic mass is 10.0. The molecule has 1 fully saturated rings. The number of carbonyl (C=O) groups is 1. The van der Waals surface area contributed by atoms with Crippen LogP contribution in [0.5, 0.6) is 0 Å². The number of benzene rings is 1. The summed E-state index contributed by atoms with van der Waals surface area (Å²) in [5.41, 5.74) is 1.36. The molecule has 1 N–H and O–H groups in total. The fourth-order valence-electron chi connectivity index (χ4n) is 2.37. The maximum Gasteiger partial charge on any atom is 0.224 e. The zero-order valence-electron chi connectivity index (χ0n) is 11.8. The zero-order valence-corrected chi connectivity index (χ0v) is 11.8. The number of methoxy groups -OCH3 is 1. The van der Waals surface area contributed by atoms with Gasteiger partial charge in [-0.2, -0.15) is 0 Å². The van der Waals surface area contributed by atoms with E-state index in [1.54, 1.807) is 26.2 Å². The molecule has 0 aromatic heterocycles. The average Bonchev–Trinajstić information content (AvgIpc) is 2.43. The zero-order chi connectivity index (χ0) is 14.5. The molecule has 1 saturated heterocycles. The summed E-state index contributed by atoms with van der Waals surface area (Å²) in [5.74, 6) is -0.331. The van der Waals surface area contributed by atoms with Crippen LogP contribution in [0.1, 0.15) is 17.5 Å². The summed E-state index contributed by atoms with van der Waals surface area (Å²) in [6.07, 6.45) is 0.879. The van der Waals surface area contributed by atoms with Crippen LogP contribution in [0.25, 0.3) is 0 Å². The summed E-state index contributed by atoms with van der Waals surface area (Å²) in [6, 6.07) is 4.71. The molecule has 1 aliphatic rings. The Morgan fingerprint density at radius 3 is 3.05 bits per heavy atom. The van der Waals surface area contributed by atoms with Gasteiger partial charge < -0.3 is 14.8 Å². The third kappa shape index (κ3) is 3.77. The Kier molecular flexibility index (Phi) is 5.09. The molecule has 20 heavy (non-hydrogen) atoms. The van der Waals surface area contributed by atoms with Crippen LogP contribution in [0.3, 0.4) is 0 Å². The highest BCUT2D eigenvalue weighted by molar-refractivity contribution is 5.79. The van der Waals surface area contributed by atoms with Gasteiger partial charge in [0.15, 0.2) is 0 Å². The normalized spacial score (nSPS) is 22.6. The Morgan fingerprint density at radius 1 is 1.55 bits per heavy atom. The Labute approximate surface area is 118 Å². The quantitative estimate of drug-likeness (QED) is 0.912. The number of hydrogen-bond acceptors (Lipinski definition) is 3. The third-order valence-corrected chi connectivity index (χ3v) is 3.54. The highest BCUT2D eigenvalue weighted by Gasteiger charge is 2.26. The smallest absolute Gasteiger partial charge is 0.224 e. The lowest BCUT2D eigenvalue weighted by Crippen LogP contribution is -2.50. The Hall–Kier alpha value is -1.46. The molecule has 1 aromatic rings. The molecule has 0 radical (unpaired) electrons. The van der Waals surface area contributed by atoms with E-state index in [4.69, 9.17) is 9.47 Å². The molecule has 5 heteroatoms. The van der Waals surface area contributed by atoms with Gasteiger partial charge in [0.25, 0.3) is 0 Å². The number of aryl methyl sites for hydroxylation is 1. The highest BCUT2D eigenvalue weighted by atomic mass is 19.1. The monoisotopic (exact) mass is 281 g/mol. The molecule has 1 aromatic carbocycles. The van der Waals surface area contributed by atoms with Gasteiger partial charge in [-0.3, -0.25) is 4.79 Å². The van der Waals surface area contributed by atoms with E-state index in [-0.39, 0.29) is 30.3 Å². The largest absolute Gasteiger partial charge is 0.379 e. The summed E-state index contributed by atoms with van der Waals surface area (Å²) in [4.78, 5) is 12.0. The Morgan fingerprint density at radius 2 is 2.35 bits per heavy atom. The van der Waals surface area contributed by atoms with Gasteiger partial charge in [0.2, 0.25) is 5.91 Å². The van der Waals surface area contributed by atoms with Crippen LogP contribution in [0, 0.1) is 12.7 Å². The second-order valence-electron chi connectivity index (χ2n) is 5.07. The Bertz CT molecular complexity index is 478. The molecule has 0 saturated carbocycles. The van der Waals surface area contributed by atoms with Gasteiger partial charge in [0.05, 0.1) is 19.1 Å². The van der Waals surface area contributed by atoms with E-state index >= 15 is 0 Å². The lowest BCUT2D eigenvalue weighted by Gasteiger charge is -2.31. The standard InChI is InChI=1S/C15H20FNO3/c1-10-7-11(3-4-12(10)16)8-15(18)17-13-5-6-20-9-14(13)19-2/h3-4,7,13-14H,5-6,8-9H2,1-2H3,(H,17,18)/t13-,14-/m1/s1. The van der Waals surface area contributed by atoms with Crippen molar-refractivity contribution in [2.75, 3.05) is 20.3 Å². The van der Waals surface area contributed by atoms with Gasteiger partial charge in [-0.1, -0.05) is 12.1 Å². The summed E-state index contributed by atoms with van der Waals surface area (Å²) in [5, 5.41) is 2.96. The van der Waals surface area contributed by atoms with Crippen LogP contribution < -0.4 is 5.32 Å². The van der Waals surface area contributed by atoms with Gasteiger partial charge in [-0.15, -0.1) is 0 Å². The van der Waals surface area contributed by atoms with Crippen LogP contribution in [0.4, 0.5) is 4.39 Å². The first-order valence-electron chi connectivity index (χ1n) is 6.75. The minimum absolute atomic E-state index is 0.0252. The summed E-state index contributed by atoms with van der Waals surface area (Å²) >= 11 is 0. The second-order valence-corrected chi connectivity index (χ2v) is 5.07. The number of carbonyl (C=O) groups excluding carboxylic acids is 1. The molecule has 2 rings (SSSR count). The third-order valence-electron chi connectivity index (χ3n) is 3.54. The van der Waals surface area contributed by atoms with Crippen molar-refractivity contribution in [2.45, 2.75) is 31.9 Å². The van der Waals surface area contributed by atoms with Gasteiger partial charge in [0, 0.05) is 13.7 Å². The van der Waals surface area contributed by atoms with Gasteiger partial charge >= 0.3 is 0 Å². The molecule has 0 bridgehead atoms. The number of amides is 1. The fourth-order valence-corrected chi connectivity index (χ4v) is 2.37. The molecule has 4 nitrogen and oxygen atoms in total. The molecular formula is C15H20FNO3. The van der Waals surface area contributed by atoms with Crippen LogP contribution >= 0.6 is 0 Å². The molecule has 1 amide bonds. The highest BCUT2D eigenvalue weighted by Crippen LogP contribution is 2.12. The Balaban J connectivity index is 1.92. The molecule has 0 aliphatic carbocycles. The first kappa shape index (κ1) is 14.9. The summed E-state index contributed by atoms with van der Waals surface area (Å²) in [6.45, 7) is 2.81. The van der Waals surface area contributed by atoms with E-state index < -0.39 is 0 Å². The van der Waals surface area contributed by atoms with Crippen LogP contribution in [-0.2, 0) is 20.7 Å². The topological polar surface area (TPSA) is 47.6 Å². The molecular weight excluding hydrogens is 261 g/mol. The van der Waals surface area contributed by atoms with Crippen LogP contribution in [-0.4, -0.2) is 38.4 Å². The molecule has 1 heterocycles. The number of nitrogens with one attached hydrogen (secondary N) is 1. The molecule has 0 spiro atoms. The predicted molar refractivity (Wildman–Crippen MR) is 73.0 cm³/mol. The van der Waals surface area contributed by atoms with Crippen molar-refractivity contribution in [3.8, 4) is 0 Å². The maximum atomic E-state index is 13.2. The maximum absolute atomic E-state index is 13.2. The summed E-state index contributed by atoms with van der Waals surface area (Å²) in [7, 11) is 1.61. The number of hydrogen-bond donors (Lipinski definition) is 1. The van der Waals surface area contributed by atoms with E-state index in [1.165, 1.54) is 6.07 Å². The minimum atomic E-state index is -0.252. The molecule has 2 atom stereocenters. The lowest BCUT2D eigenvalue weighted by molar-refractivity contribution is -0.124. The van der Waals surface area contributed by atoms with E-state index in [0.717, 1.165) is 12.0 Å².